The molecule has 0 spiro atoms. The van der Waals surface area contributed by atoms with Crippen LogP contribution in [0.4, 0.5) is 5.69 Å². The topological polar surface area (TPSA) is 123 Å². The fourth-order valence-electron chi connectivity index (χ4n) is 2.23. The lowest BCUT2D eigenvalue weighted by molar-refractivity contribution is -0.385. The number of phenolic OH excluding ortho intramolecular Hbond substituents is 1. The van der Waals surface area contributed by atoms with Gasteiger partial charge in [-0.3, -0.25) is 14.9 Å². The monoisotopic (exact) mass is 421 g/mol. The van der Waals surface area contributed by atoms with Crippen LogP contribution in [0.5, 0.6) is 17.2 Å². The van der Waals surface area contributed by atoms with E-state index in [9.17, 15) is 20.0 Å². The summed E-state index contributed by atoms with van der Waals surface area (Å²) in [5, 5.41) is 24.5. The highest BCUT2D eigenvalue weighted by molar-refractivity contribution is 9.10. The molecule has 0 aromatic heterocycles. The zero-order valence-corrected chi connectivity index (χ0v) is 14.7. The number of benzene rings is 2. The number of ether oxygens (including phenoxy) is 2. The Morgan fingerprint density at radius 1 is 1.38 bits per heavy atom. The van der Waals surface area contributed by atoms with Crippen molar-refractivity contribution in [3.8, 4) is 17.2 Å². The predicted octanol–water partition coefficient (Wildman–Crippen LogP) is 2.35. The molecule has 1 heterocycles. The maximum absolute atomic E-state index is 12.1. The van der Waals surface area contributed by atoms with Crippen molar-refractivity contribution in [2.24, 2.45) is 5.10 Å². The minimum Gasteiger partial charge on any atom is -0.502 e. The van der Waals surface area contributed by atoms with Gasteiger partial charge in [-0.1, -0.05) is 28.1 Å². The number of fused-ring (bicyclic) bond motifs is 1. The molecule has 1 atom stereocenters. The lowest BCUT2D eigenvalue weighted by Gasteiger charge is -2.24. The second-order valence-corrected chi connectivity index (χ2v) is 6.13. The lowest BCUT2D eigenvalue weighted by Crippen LogP contribution is -2.42. The maximum atomic E-state index is 12.1. The largest absolute Gasteiger partial charge is 0.502 e. The molecule has 0 aliphatic carbocycles. The number of para-hydroxylation sites is 2. The molecule has 0 saturated heterocycles. The molecule has 26 heavy (non-hydrogen) atoms. The Kier molecular flexibility index (Phi) is 5.03. The van der Waals surface area contributed by atoms with Crippen molar-refractivity contribution in [3.63, 3.8) is 0 Å². The minimum absolute atomic E-state index is 0.0198. The smallest absolute Gasteiger partial charge is 0.312 e. The van der Waals surface area contributed by atoms with Gasteiger partial charge in [-0.15, -0.1) is 0 Å². The molecule has 1 amide bonds. The number of carbonyl (C=O) groups is 1. The molecule has 10 heteroatoms. The van der Waals surface area contributed by atoms with Gasteiger partial charge in [-0.05, 0) is 18.2 Å². The first-order chi connectivity index (χ1) is 12.5. The zero-order chi connectivity index (χ0) is 18.7. The third kappa shape index (κ3) is 3.75. The van der Waals surface area contributed by atoms with E-state index in [0.29, 0.717) is 16.0 Å². The van der Waals surface area contributed by atoms with E-state index < -0.39 is 28.4 Å². The average Bonchev–Trinajstić information content (AvgIpc) is 2.63. The van der Waals surface area contributed by atoms with Gasteiger partial charge in [0.15, 0.2) is 11.5 Å². The van der Waals surface area contributed by atoms with Gasteiger partial charge in [0.1, 0.15) is 6.61 Å². The van der Waals surface area contributed by atoms with Crippen LogP contribution in [0.3, 0.4) is 0 Å². The summed E-state index contributed by atoms with van der Waals surface area (Å²) in [4.78, 5) is 22.3. The van der Waals surface area contributed by atoms with Gasteiger partial charge in [0, 0.05) is 16.1 Å². The van der Waals surface area contributed by atoms with Crippen molar-refractivity contribution >= 4 is 33.7 Å². The molecule has 2 aromatic carbocycles. The van der Waals surface area contributed by atoms with Gasteiger partial charge in [-0.2, -0.15) is 5.10 Å². The number of nitro groups is 1. The Bertz CT molecular complexity index is 902. The highest BCUT2D eigenvalue weighted by Gasteiger charge is 2.27. The van der Waals surface area contributed by atoms with Crippen LogP contribution in [0.25, 0.3) is 0 Å². The summed E-state index contributed by atoms with van der Waals surface area (Å²) in [7, 11) is 0. The molecule has 9 nitrogen and oxygen atoms in total. The van der Waals surface area contributed by atoms with Crippen LogP contribution in [0.15, 0.2) is 46.0 Å². The fraction of sp³-hybridized carbons (Fsp3) is 0.125. The molecule has 0 bridgehead atoms. The van der Waals surface area contributed by atoms with Crippen LogP contribution in [0, 0.1) is 10.1 Å². The molecule has 0 saturated carbocycles. The van der Waals surface area contributed by atoms with E-state index in [2.05, 4.69) is 26.5 Å². The molecule has 134 valence electrons. The standard InChI is InChI=1S/C16H12BrN3O6/c17-10-5-9(15(21)11(6-10)20(23)24)7-18-19-16(22)14-8-25-12-3-1-2-4-13(12)26-14/h1-7,14,21H,8H2,(H,19,22)/b18-7+/t14-/m0/s1. The number of phenols is 1. The quantitative estimate of drug-likeness (QED) is 0.443. The molecule has 0 fully saturated rings. The molecule has 2 aromatic rings. The number of hydrazone groups is 1. The van der Waals surface area contributed by atoms with E-state index in [1.165, 1.54) is 6.07 Å². The van der Waals surface area contributed by atoms with Crippen LogP contribution in [0.1, 0.15) is 5.56 Å². The number of aromatic hydroxyl groups is 1. The van der Waals surface area contributed by atoms with Crippen molar-refractivity contribution < 1.29 is 24.3 Å². The number of amides is 1. The normalized spacial score (nSPS) is 15.7. The first-order valence-electron chi connectivity index (χ1n) is 7.34. The average molecular weight is 422 g/mol. The summed E-state index contributed by atoms with van der Waals surface area (Å²) >= 11 is 3.11. The zero-order valence-electron chi connectivity index (χ0n) is 13.1. The number of hydrogen-bond acceptors (Lipinski definition) is 7. The van der Waals surface area contributed by atoms with Gasteiger partial charge in [0.05, 0.1) is 11.1 Å². The van der Waals surface area contributed by atoms with E-state index >= 15 is 0 Å². The summed E-state index contributed by atoms with van der Waals surface area (Å²) in [6.45, 7) is 0.0198. The molecular formula is C16H12BrN3O6. The Morgan fingerprint density at radius 2 is 2.12 bits per heavy atom. The van der Waals surface area contributed by atoms with Gasteiger partial charge in [-0.25, -0.2) is 5.43 Å². The number of nitrogens with one attached hydrogen (secondary N) is 1. The Labute approximate surface area is 155 Å². The van der Waals surface area contributed by atoms with Crippen molar-refractivity contribution in [3.05, 3.63) is 56.5 Å². The Morgan fingerprint density at radius 3 is 2.85 bits per heavy atom. The van der Waals surface area contributed by atoms with E-state index in [1.54, 1.807) is 24.3 Å². The molecule has 0 radical (unpaired) electrons. The minimum atomic E-state index is -0.896. The van der Waals surface area contributed by atoms with E-state index in [-0.39, 0.29) is 12.2 Å². The van der Waals surface area contributed by atoms with Crippen molar-refractivity contribution in [2.75, 3.05) is 6.61 Å². The van der Waals surface area contributed by atoms with Gasteiger partial charge in [0.25, 0.3) is 5.91 Å². The number of halogens is 1. The van der Waals surface area contributed by atoms with Crippen molar-refractivity contribution in [1.29, 1.82) is 0 Å². The molecule has 2 N–H and O–H groups in total. The van der Waals surface area contributed by atoms with Gasteiger partial charge < -0.3 is 14.6 Å². The lowest BCUT2D eigenvalue weighted by atomic mass is 10.2. The van der Waals surface area contributed by atoms with Gasteiger partial charge in [0.2, 0.25) is 11.9 Å². The number of hydrogen-bond donors (Lipinski definition) is 2. The molecular weight excluding hydrogens is 410 g/mol. The SMILES string of the molecule is O=C(N/N=C/c1cc(Br)cc([N+](=O)[O-])c1O)[C@@H]1COc2ccccc2O1. The van der Waals surface area contributed by atoms with Crippen LogP contribution in [-0.2, 0) is 4.79 Å². The first kappa shape index (κ1) is 17.7. The fourth-order valence-corrected chi connectivity index (χ4v) is 2.69. The summed E-state index contributed by atoms with van der Waals surface area (Å²) in [6.07, 6.45) is 0.204. The molecule has 1 aliphatic rings. The van der Waals surface area contributed by atoms with Gasteiger partial charge >= 0.3 is 5.69 Å². The van der Waals surface area contributed by atoms with E-state index in [4.69, 9.17) is 9.47 Å². The number of nitro benzene ring substituents is 1. The van der Waals surface area contributed by atoms with Crippen molar-refractivity contribution in [1.82, 2.24) is 5.43 Å². The predicted molar refractivity (Wildman–Crippen MR) is 94.6 cm³/mol. The van der Waals surface area contributed by atoms with Crippen LogP contribution in [-0.4, -0.2) is 34.9 Å². The van der Waals surface area contributed by atoms with Crippen LogP contribution in [0.2, 0.25) is 0 Å². The highest BCUT2D eigenvalue weighted by Crippen LogP contribution is 2.32. The first-order valence-corrected chi connectivity index (χ1v) is 8.13. The maximum Gasteiger partial charge on any atom is 0.312 e. The summed E-state index contributed by atoms with van der Waals surface area (Å²) in [5.41, 5.74) is 1.84. The molecule has 0 unspecified atom stereocenters. The Balaban J connectivity index is 1.68. The van der Waals surface area contributed by atoms with Crippen LogP contribution >= 0.6 is 15.9 Å². The Hall–Kier alpha value is -3.14. The van der Waals surface area contributed by atoms with E-state index in [0.717, 1.165) is 12.3 Å². The third-order valence-corrected chi connectivity index (χ3v) is 3.92. The number of rotatable bonds is 4. The van der Waals surface area contributed by atoms with Crippen molar-refractivity contribution in [2.45, 2.75) is 6.10 Å². The summed E-state index contributed by atoms with van der Waals surface area (Å²) < 4.78 is 11.4. The second-order valence-electron chi connectivity index (χ2n) is 5.22. The number of carbonyl (C=O) groups excluding carboxylic acids is 1. The summed E-state index contributed by atoms with van der Waals surface area (Å²) in [6, 6.07) is 9.53. The molecule has 3 rings (SSSR count). The van der Waals surface area contributed by atoms with Crippen LogP contribution < -0.4 is 14.9 Å². The second kappa shape index (κ2) is 7.40. The third-order valence-electron chi connectivity index (χ3n) is 3.46. The molecule has 1 aliphatic heterocycles. The van der Waals surface area contributed by atoms with E-state index in [1.807, 2.05) is 0 Å². The number of nitrogens with zero attached hydrogens (tertiary/aromatic N) is 2. The highest BCUT2D eigenvalue weighted by atomic mass is 79.9. The summed E-state index contributed by atoms with van der Waals surface area (Å²) in [5.74, 6) is -0.114.